The molecule has 2 amide bonds. The summed E-state index contributed by atoms with van der Waals surface area (Å²) in [7, 11) is 2.20. The normalized spacial score (nSPS) is 22.3. The first kappa shape index (κ1) is 28.1. The van der Waals surface area contributed by atoms with E-state index >= 15 is 0 Å². The molecule has 0 aliphatic carbocycles. The Morgan fingerprint density at radius 3 is 2.41 bits per heavy atom. The summed E-state index contributed by atoms with van der Waals surface area (Å²) in [6, 6.07) is 15.1. The second-order valence-electron chi connectivity index (χ2n) is 11.5. The Kier molecular flexibility index (Phi) is 8.92. The van der Waals surface area contributed by atoms with E-state index in [2.05, 4.69) is 46.5 Å². The first-order valence-electron chi connectivity index (χ1n) is 14.4. The lowest BCUT2D eigenvalue weighted by Gasteiger charge is -2.51. The van der Waals surface area contributed by atoms with Gasteiger partial charge in [0.2, 0.25) is 11.8 Å². The number of rotatable bonds is 8. The Morgan fingerprint density at radius 1 is 1.03 bits per heavy atom. The maximum absolute atomic E-state index is 13.9. The molecule has 0 saturated carbocycles. The van der Waals surface area contributed by atoms with Crippen LogP contribution in [-0.4, -0.2) is 84.4 Å². The molecule has 5 rings (SSSR count). The molecule has 2 atom stereocenters. The van der Waals surface area contributed by atoms with Crippen LogP contribution in [0.15, 0.2) is 48.5 Å². The zero-order chi connectivity index (χ0) is 27.4. The fraction of sp³-hybridized carbons (Fsp3) is 0.548. The predicted molar refractivity (Wildman–Crippen MR) is 156 cm³/mol. The highest BCUT2D eigenvalue weighted by Gasteiger charge is 2.40. The van der Waals surface area contributed by atoms with Gasteiger partial charge in [0.15, 0.2) is 0 Å². The Bertz CT molecular complexity index is 1140. The van der Waals surface area contributed by atoms with Gasteiger partial charge in [0.1, 0.15) is 6.04 Å². The van der Waals surface area contributed by atoms with E-state index in [9.17, 15) is 9.59 Å². The maximum Gasteiger partial charge on any atom is 0.245 e. The van der Waals surface area contributed by atoms with Crippen LogP contribution in [-0.2, 0) is 22.6 Å². The summed E-state index contributed by atoms with van der Waals surface area (Å²) < 4.78 is 0. The summed E-state index contributed by atoms with van der Waals surface area (Å²) in [5.74, 6) is -0.0990. The summed E-state index contributed by atoms with van der Waals surface area (Å²) in [6.07, 6.45) is 4.26. The first-order valence-corrected chi connectivity index (χ1v) is 14.8. The Balaban J connectivity index is 1.24. The van der Waals surface area contributed by atoms with E-state index < -0.39 is 6.04 Å². The van der Waals surface area contributed by atoms with Crippen LogP contribution in [0, 0.1) is 0 Å². The third-order valence-electron chi connectivity index (χ3n) is 9.18. The number of carbonyl (C=O) groups is 2. The van der Waals surface area contributed by atoms with Gasteiger partial charge in [-0.2, -0.15) is 0 Å². The molecule has 7 nitrogen and oxygen atoms in total. The van der Waals surface area contributed by atoms with E-state index in [0.717, 1.165) is 44.7 Å². The van der Waals surface area contributed by atoms with Gasteiger partial charge in [0.05, 0.1) is 0 Å². The highest BCUT2D eigenvalue weighted by atomic mass is 35.5. The van der Waals surface area contributed by atoms with Crippen molar-refractivity contribution >= 4 is 23.4 Å². The molecule has 2 aromatic rings. The lowest BCUT2D eigenvalue weighted by Crippen LogP contribution is -2.62. The van der Waals surface area contributed by atoms with Crippen molar-refractivity contribution in [2.45, 2.75) is 63.2 Å². The molecule has 8 heteroatoms. The lowest BCUT2D eigenvalue weighted by atomic mass is 9.83. The lowest BCUT2D eigenvalue weighted by molar-refractivity contribution is -0.139. The van der Waals surface area contributed by atoms with Gasteiger partial charge < -0.3 is 20.4 Å². The molecule has 3 aliphatic heterocycles. The van der Waals surface area contributed by atoms with Gasteiger partial charge in [-0.15, -0.1) is 0 Å². The zero-order valence-electron chi connectivity index (χ0n) is 23.3. The predicted octanol–water partition coefficient (Wildman–Crippen LogP) is 3.62. The topological polar surface area (TPSA) is 67.9 Å². The number of carbonyl (C=O) groups excluding carboxylic acids is 2. The summed E-state index contributed by atoms with van der Waals surface area (Å²) in [4.78, 5) is 34.1. The van der Waals surface area contributed by atoms with Crippen molar-refractivity contribution in [1.82, 2.24) is 25.3 Å². The standard InChI is InChI=1S/C31H42ClN5O2/c1-3-31(12-14-35(2)15-13-31)37-18-16-36(17-19-37)30(39)28(20-23-8-10-25(32)11-9-23)34-29(38)21-27-26-7-5-4-6-24(26)22-33-27/h4-11,27-28,33H,3,12-22H2,1-2H3,(H,34,38). The average molecular weight is 552 g/mol. The molecule has 0 aromatic heterocycles. The molecule has 0 bridgehead atoms. The summed E-state index contributed by atoms with van der Waals surface area (Å²) in [5, 5.41) is 7.21. The number of fused-ring (bicyclic) bond motifs is 1. The van der Waals surface area contributed by atoms with Gasteiger partial charge in [-0.25, -0.2) is 0 Å². The van der Waals surface area contributed by atoms with Crippen molar-refractivity contribution in [3.8, 4) is 0 Å². The molecule has 3 aliphatic rings. The van der Waals surface area contributed by atoms with Crippen LogP contribution >= 0.6 is 11.6 Å². The molecule has 210 valence electrons. The number of piperazine rings is 1. The Labute approximate surface area is 237 Å². The fourth-order valence-electron chi connectivity index (χ4n) is 6.60. The van der Waals surface area contributed by atoms with Crippen LogP contribution in [0.5, 0.6) is 0 Å². The van der Waals surface area contributed by atoms with Crippen LogP contribution in [0.1, 0.15) is 55.3 Å². The SMILES string of the molecule is CCC1(N2CCN(C(=O)C(Cc3ccc(Cl)cc3)NC(=O)CC3NCc4ccccc43)CC2)CCN(C)CC1. The summed E-state index contributed by atoms with van der Waals surface area (Å²) >= 11 is 6.10. The maximum atomic E-state index is 13.9. The number of benzene rings is 2. The van der Waals surface area contributed by atoms with E-state index in [4.69, 9.17) is 11.6 Å². The number of halogens is 1. The van der Waals surface area contributed by atoms with E-state index in [1.54, 1.807) is 0 Å². The highest BCUT2D eigenvalue weighted by molar-refractivity contribution is 6.30. The van der Waals surface area contributed by atoms with Gasteiger partial charge in [0, 0.05) is 62.2 Å². The molecule has 2 saturated heterocycles. The van der Waals surface area contributed by atoms with E-state index in [1.165, 1.54) is 24.0 Å². The molecule has 2 aromatic carbocycles. The summed E-state index contributed by atoms with van der Waals surface area (Å²) in [5.41, 5.74) is 3.63. The van der Waals surface area contributed by atoms with Crippen molar-refractivity contribution in [2.24, 2.45) is 0 Å². The molecule has 0 spiro atoms. The van der Waals surface area contributed by atoms with Crippen LogP contribution in [0.3, 0.4) is 0 Å². The van der Waals surface area contributed by atoms with Crippen LogP contribution in [0.25, 0.3) is 0 Å². The monoisotopic (exact) mass is 551 g/mol. The van der Waals surface area contributed by atoms with E-state index in [0.29, 0.717) is 31.0 Å². The van der Waals surface area contributed by atoms with Crippen molar-refractivity contribution in [3.63, 3.8) is 0 Å². The van der Waals surface area contributed by atoms with Crippen LogP contribution in [0.2, 0.25) is 5.02 Å². The largest absolute Gasteiger partial charge is 0.344 e. The smallest absolute Gasteiger partial charge is 0.245 e. The highest BCUT2D eigenvalue weighted by Crippen LogP contribution is 2.33. The van der Waals surface area contributed by atoms with Gasteiger partial charge in [-0.3, -0.25) is 14.5 Å². The molecule has 3 heterocycles. The van der Waals surface area contributed by atoms with Crippen molar-refractivity contribution in [2.75, 3.05) is 46.3 Å². The van der Waals surface area contributed by atoms with Crippen molar-refractivity contribution < 1.29 is 9.59 Å². The molecule has 0 radical (unpaired) electrons. The number of hydrogen-bond acceptors (Lipinski definition) is 5. The zero-order valence-corrected chi connectivity index (χ0v) is 24.1. The number of likely N-dealkylation sites (tertiary alicyclic amines) is 1. The van der Waals surface area contributed by atoms with Crippen LogP contribution in [0.4, 0.5) is 0 Å². The quantitative estimate of drug-likeness (QED) is 0.524. The molecule has 39 heavy (non-hydrogen) atoms. The molecular weight excluding hydrogens is 510 g/mol. The van der Waals surface area contributed by atoms with Crippen molar-refractivity contribution in [1.29, 1.82) is 0 Å². The molecule has 2 N–H and O–H groups in total. The van der Waals surface area contributed by atoms with Gasteiger partial charge >= 0.3 is 0 Å². The van der Waals surface area contributed by atoms with Gasteiger partial charge in [-0.1, -0.05) is 54.9 Å². The summed E-state index contributed by atoms with van der Waals surface area (Å²) in [6.45, 7) is 8.48. The molecule has 2 unspecified atom stereocenters. The number of nitrogens with one attached hydrogen (secondary N) is 2. The number of amides is 2. The number of hydrogen-bond donors (Lipinski definition) is 2. The van der Waals surface area contributed by atoms with Gasteiger partial charge in [-0.05, 0) is 68.2 Å². The minimum absolute atomic E-state index is 0.00616. The van der Waals surface area contributed by atoms with E-state index in [-0.39, 0.29) is 23.4 Å². The average Bonchev–Trinajstić information content (AvgIpc) is 3.37. The molecular formula is C31H42ClN5O2. The van der Waals surface area contributed by atoms with Crippen LogP contribution < -0.4 is 10.6 Å². The minimum atomic E-state index is -0.606. The number of piperidine rings is 1. The molecule has 2 fully saturated rings. The Hall–Kier alpha value is -2.45. The van der Waals surface area contributed by atoms with Gasteiger partial charge in [0.25, 0.3) is 0 Å². The van der Waals surface area contributed by atoms with E-state index in [1.807, 2.05) is 41.3 Å². The second kappa shape index (κ2) is 12.4. The first-order chi connectivity index (χ1) is 18.9. The van der Waals surface area contributed by atoms with Crippen molar-refractivity contribution in [3.05, 3.63) is 70.2 Å². The third kappa shape index (κ3) is 6.49. The Morgan fingerprint density at radius 2 is 1.72 bits per heavy atom. The number of nitrogens with zero attached hydrogens (tertiary/aromatic N) is 3. The third-order valence-corrected chi connectivity index (χ3v) is 9.44. The minimum Gasteiger partial charge on any atom is -0.344 e. The fourth-order valence-corrected chi connectivity index (χ4v) is 6.73. The second-order valence-corrected chi connectivity index (χ2v) is 11.9.